The molecule has 1 unspecified atom stereocenters. The molecule has 2 aromatic heterocycles. The quantitative estimate of drug-likeness (QED) is 0.473. The molecule has 2 bridgehead atoms. The van der Waals surface area contributed by atoms with Crippen LogP contribution >= 0.6 is 0 Å². The van der Waals surface area contributed by atoms with Crippen LogP contribution in [0, 0.1) is 0 Å². The second-order valence-corrected chi connectivity index (χ2v) is 10.5. The van der Waals surface area contributed by atoms with Gasteiger partial charge in [-0.2, -0.15) is 13.2 Å². The number of carbonyl (C=O) groups is 1. The van der Waals surface area contributed by atoms with Crippen molar-refractivity contribution in [3.05, 3.63) is 48.4 Å². The number of amides is 2. The van der Waals surface area contributed by atoms with E-state index in [9.17, 15) is 18.0 Å². The van der Waals surface area contributed by atoms with Gasteiger partial charge in [0.2, 0.25) is 5.95 Å². The molecule has 0 saturated carbocycles. The van der Waals surface area contributed by atoms with Gasteiger partial charge in [-0.05, 0) is 38.8 Å². The number of nitrogens with one attached hydrogen (secondary N) is 1. The Morgan fingerprint density at radius 2 is 2.00 bits per heavy atom. The predicted molar refractivity (Wildman–Crippen MR) is 142 cm³/mol. The van der Waals surface area contributed by atoms with E-state index >= 15 is 0 Å². The second kappa shape index (κ2) is 10.4. The molecule has 0 aliphatic carbocycles. The van der Waals surface area contributed by atoms with E-state index in [0.29, 0.717) is 30.4 Å². The molecular formula is C27H28F3N7O4. The van der Waals surface area contributed by atoms with Crippen LogP contribution in [0.5, 0.6) is 5.75 Å². The van der Waals surface area contributed by atoms with Gasteiger partial charge in [-0.25, -0.2) is 24.7 Å². The summed E-state index contributed by atoms with van der Waals surface area (Å²) in [5.74, 6) is 0.228. The number of hydrogen-bond donors (Lipinski definition) is 1. The summed E-state index contributed by atoms with van der Waals surface area (Å²) < 4.78 is 56.9. The molecule has 1 aromatic carbocycles. The highest BCUT2D eigenvalue weighted by atomic mass is 19.4. The Morgan fingerprint density at radius 3 is 2.73 bits per heavy atom. The lowest BCUT2D eigenvalue weighted by Crippen LogP contribution is -2.56. The van der Waals surface area contributed by atoms with Crippen LogP contribution in [0.2, 0.25) is 0 Å². The van der Waals surface area contributed by atoms with Gasteiger partial charge in [-0.1, -0.05) is 12.1 Å². The number of aromatic nitrogens is 4. The molecule has 3 aromatic rings. The van der Waals surface area contributed by atoms with Crippen molar-refractivity contribution in [3.8, 4) is 17.1 Å². The van der Waals surface area contributed by atoms with Crippen molar-refractivity contribution < 1.29 is 32.2 Å². The highest BCUT2D eigenvalue weighted by molar-refractivity contribution is 6.03. The zero-order valence-corrected chi connectivity index (χ0v) is 22.4. The number of alkyl halides is 3. The summed E-state index contributed by atoms with van der Waals surface area (Å²) in [5, 5.41) is 2.72. The topological polar surface area (TPSA) is 115 Å². The Labute approximate surface area is 233 Å². The molecule has 216 valence electrons. The average molecular weight is 572 g/mol. The average Bonchev–Trinajstić information content (AvgIpc) is 3.30. The van der Waals surface area contributed by atoms with Crippen LogP contribution < -0.4 is 19.9 Å². The highest BCUT2D eigenvalue weighted by Crippen LogP contribution is 2.39. The van der Waals surface area contributed by atoms with Crippen LogP contribution in [-0.2, 0) is 15.7 Å². The number of ether oxygens (including phenoxy) is 3. The molecular weight excluding hydrogens is 543 g/mol. The van der Waals surface area contributed by atoms with Crippen LogP contribution in [0.15, 0.2) is 42.9 Å². The van der Waals surface area contributed by atoms with E-state index in [1.54, 1.807) is 6.20 Å². The van der Waals surface area contributed by atoms with E-state index in [1.165, 1.54) is 29.4 Å². The molecule has 5 heterocycles. The maximum Gasteiger partial charge on any atom is 0.416 e. The van der Waals surface area contributed by atoms with Crippen molar-refractivity contribution in [2.75, 3.05) is 41.4 Å². The maximum atomic E-state index is 13.6. The molecule has 1 N–H and O–H groups in total. The number of nitrogens with zero attached hydrogens (tertiary/aromatic N) is 6. The van der Waals surface area contributed by atoms with Crippen molar-refractivity contribution in [3.63, 3.8) is 0 Å². The summed E-state index contributed by atoms with van der Waals surface area (Å²) in [7, 11) is 0. The minimum absolute atomic E-state index is 0.0656. The Kier molecular flexibility index (Phi) is 6.90. The van der Waals surface area contributed by atoms with Crippen molar-refractivity contribution in [2.45, 2.75) is 50.8 Å². The van der Waals surface area contributed by atoms with Gasteiger partial charge in [0.15, 0.2) is 23.2 Å². The first kappa shape index (κ1) is 27.1. The van der Waals surface area contributed by atoms with Gasteiger partial charge in [-0.3, -0.25) is 10.2 Å². The molecule has 2 amide bonds. The first-order valence-corrected chi connectivity index (χ1v) is 13.2. The SMILES string of the molecule is CC1(C)OC[C@H](COc2cnc(NC(=O)N3c4nc(-c5cccc(C(F)(F)F)c5)ncc4N4CCCC3C4)nc2)O1. The standard InChI is InChI=1S/C27H28F3N7O4/c1-26(2)40-15-20(41-26)14-39-19-10-32-24(33-11-19)35-25(38)37-18-7-4-8-36(13-18)21-12-31-22(34-23(21)37)16-5-3-6-17(9-16)27(28,29)30/h3,5-6,9-12,18,20H,4,7-8,13-15H2,1-2H3,(H,32,33,35,38)/t18?,20-/m0/s1. The normalized spacial score (nSPS) is 21.4. The lowest BCUT2D eigenvalue weighted by molar-refractivity contribution is -0.141. The third-order valence-electron chi connectivity index (χ3n) is 7.10. The van der Waals surface area contributed by atoms with E-state index in [1.807, 2.05) is 13.8 Å². The highest BCUT2D eigenvalue weighted by Gasteiger charge is 2.39. The third-order valence-corrected chi connectivity index (χ3v) is 7.10. The number of hydrogen-bond acceptors (Lipinski definition) is 9. The molecule has 2 atom stereocenters. The summed E-state index contributed by atoms with van der Waals surface area (Å²) in [6, 6.07) is 4.12. The fraction of sp³-hybridized carbons (Fsp3) is 0.444. The fourth-order valence-electron chi connectivity index (χ4n) is 5.21. The second-order valence-electron chi connectivity index (χ2n) is 10.5. The third kappa shape index (κ3) is 5.75. The molecule has 3 aliphatic rings. The minimum atomic E-state index is -4.50. The van der Waals surface area contributed by atoms with Crippen molar-refractivity contribution in [1.29, 1.82) is 0 Å². The number of halogens is 3. The number of rotatable bonds is 5. The molecule has 6 rings (SSSR count). The largest absolute Gasteiger partial charge is 0.488 e. The van der Waals surface area contributed by atoms with Crippen molar-refractivity contribution in [1.82, 2.24) is 19.9 Å². The summed E-state index contributed by atoms with van der Waals surface area (Å²) in [5.41, 5.74) is 0.0348. The number of carbonyl (C=O) groups excluding carboxylic acids is 1. The van der Waals surface area contributed by atoms with Gasteiger partial charge in [0.1, 0.15) is 12.7 Å². The van der Waals surface area contributed by atoms with Gasteiger partial charge in [0.05, 0.1) is 42.5 Å². The first-order chi connectivity index (χ1) is 19.6. The van der Waals surface area contributed by atoms with E-state index in [2.05, 4.69) is 30.2 Å². The number of fused-ring (bicyclic) bond motifs is 4. The van der Waals surface area contributed by atoms with E-state index in [-0.39, 0.29) is 36.1 Å². The number of piperidine rings is 1. The molecule has 2 saturated heterocycles. The van der Waals surface area contributed by atoms with Gasteiger partial charge < -0.3 is 19.1 Å². The number of urea groups is 1. The van der Waals surface area contributed by atoms with E-state index in [4.69, 9.17) is 14.2 Å². The van der Waals surface area contributed by atoms with Gasteiger partial charge in [0, 0.05) is 18.7 Å². The predicted octanol–water partition coefficient (Wildman–Crippen LogP) is 4.50. The molecule has 14 heteroatoms. The molecule has 41 heavy (non-hydrogen) atoms. The zero-order valence-electron chi connectivity index (χ0n) is 22.4. The lowest BCUT2D eigenvalue weighted by atomic mass is 10.0. The van der Waals surface area contributed by atoms with E-state index in [0.717, 1.165) is 31.5 Å². The van der Waals surface area contributed by atoms with Crippen molar-refractivity contribution in [2.24, 2.45) is 0 Å². The van der Waals surface area contributed by atoms with Crippen LogP contribution in [0.4, 0.5) is 35.4 Å². The van der Waals surface area contributed by atoms with Gasteiger partial charge >= 0.3 is 12.2 Å². The van der Waals surface area contributed by atoms with Crippen LogP contribution in [-0.4, -0.2) is 70.2 Å². The minimum Gasteiger partial charge on any atom is -0.488 e. The summed E-state index contributed by atoms with van der Waals surface area (Å²) in [6.07, 6.45) is 1.33. The van der Waals surface area contributed by atoms with Gasteiger partial charge in [0.25, 0.3) is 0 Å². The molecule has 3 aliphatic heterocycles. The van der Waals surface area contributed by atoms with E-state index < -0.39 is 23.6 Å². The summed E-state index contributed by atoms with van der Waals surface area (Å²) in [6.45, 7) is 5.69. The molecule has 0 spiro atoms. The van der Waals surface area contributed by atoms with Crippen LogP contribution in [0.25, 0.3) is 11.4 Å². The molecule has 0 radical (unpaired) electrons. The van der Waals surface area contributed by atoms with Gasteiger partial charge in [-0.15, -0.1) is 0 Å². The fourth-order valence-corrected chi connectivity index (χ4v) is 5.21. The summed E-state index contributed by atoms with van der Waals surface area (Å²) in [4.78, 5) is 34.5. The zero-order chi connectivity index (χ0) is 28.8. The first-order valence-electron chi connectivity index (χ1n) is 13.2. The molecule has 2 fully saturated rings. The molecule has 11 nitrogen and oxygen atoms in total. The Balaban J connectivity index is 1.21. The maximum absolute atomic E-state index is 13.6. The Hall–Kier alpha value is -4.04. The van der Waals surface area contributed by atoms with Crippen molar-refractivity contribution >= 4 is 23.5 Å². The van der Waals surface area contributed by atoms with Crippen LogP contribution in [0.1, 0.15) is 32.3 Å². The summed E-state index contributed by atoms with van der Waals surface area (Å²) >= 11 is 0. The number of benzene rings is 1. The Morgan fingerprint density at radius 1 is 1.20 bits per heavy atom. The Bertz CT molecular complexity index is 1440. The number of anilines is 3. The smallest absolute Gasteiger partial charge is 0.416 e. The van der Waals surface area contributed by atoms with Crippen LogP contribution in [0.3, 0.4) is 0 Å². The lowest BCUT2D eigenvalue weighted by Gasteiger charge is -2.45. The monoisotopic (exact) mass is 571 g/mol.